The average Bonchev–Trinajstić information content (AvgIpc) is 2.87. The maximum atomic E-state index is 3.61. The van der Waals surface area contributed by atoms with E-state index in [2.05, 4.69) is 46.1 Å². The number of thiophene rings is 1. The first-order valence-electron chi connectivity index (χ1n) is 6.35. The third kappa shape index (κ3) is 4.05. The van der Waals surface area contributed by atoms with E-state index in [1.165, 1.54) is 46.7 Å². The minimum atomic E-state index is 0.578. The Balaban J connectivity index is 1.73. The van der Waals surface area contributed by atoms with Crippen LogP contribution in [0.5, 0.6) is 0 Å². The van der Waals surface area contributed by atoms with Gasteiger partial charge in [0, 0.05) is 24.0 Å². The highest BCUT2D eigenvalue weighted by Crippen LogP contribution is 2.27. The van der Waals surface area contributed by atoms with Gasteiger partial charge < -0.3 is 10.2 Å². The summed E-state index contributed by atoms with van der Waals surface area (Å²) >= 11 is 5.42. The van der Waals surface area contributed by atoms with Crippen molar-refractivity contribution in [3.63, 3.8) is 0 Å². The lowest BCUT2D eigenvalue weighted by Crippen LogP contribution is -2.37. The molecule has 1 aromatic rings. The summed E-state index contributed by atoms with van der Waals surface area (Å²) in [4.78, 5) is 3.98. The van der Waals surface area contributed by atoms with E-state index in [9.17, 15) is 0 Å². The first-order chi connectivity index (χ1) is 8.15. The second-order valence-corrected chi connectivity index (χ2v) is 7.41. The number of likely N-dealkylation sites (tertiary alicyclic amines) is 1. The van der Waals surface area contributed by atoms with Gasteiger partial charge in [-0.25, -0.2) is 0 Å². The first-order valence-corrected chi connectivity index (χ1v) is 7.96. The third-order valence-electron chi connectivity index (χ3n) is 3.26. The molecule has 1 aliphatic rings. The maximum Gasteiger partial charge on any atom is 0.0730 e. The molecule has 0 aliphatic carbocycles. The van der Waals surface area contributed by atoms with Crippen LogP contribution in [0.1, 0.15) is 30.2 Å². The van der Waals surface area contributed by atoms with Gasteiger partial charge >= 0.3 is 0 Å². The molecule has 0 amide bonds. The molecular formula is C13H21BrN2S. The monoisotopic (exact) mass is 316 g/mol. The summed E-state index contributed by atoms with van der Waals surface area (Å²) in [5.74, 6) is 0. The van der Waals surface area contributed by atoms with Crippen molar-refractivity contribution in [1.29, 1.82) is 0 Å². The number of hydrogen-bond acceptors (Lipinski definition) is 3. The average molecular weight is 317 g/mol. The van der Waals surface area contributed by atoms with Gasteiger partial charge in [0.1, 0.15) is 0 Å². The molecule has 0 spiro atoms. The van der Waals surface area contributed by atoms with E-state index in [4.69, 9.17) is 0 Å². The largest absolute Gasteiger partial charge is 0.308 e. The summed E-state index contributed by atoms with van der Waals surface area (Å²) < 4.78 is 1.27. The molecule has 1 atom stereocenters. The third-order valence-corrected chi connectivity index (χ3v) is 5.40. The molecule has 96 valence electrons. The molecule has 1 saturated heterocycles. The highest BCUT2D eigenvalue weighted by molar-refractivity contribution is 9.11. The summed E-state index contributed by atoms with van der Waals surface area (Å²) in [5.41, 5.74) is 1.35. The van der Waals surface area contributed by atoms with Crippen LogP contribution in [0, 0.1) is 6.92 Å². The van der Waals surface area contributed by atoms with Crippen molar-refractivity contribution in [2.45, 2.75) is 39.3 Å². The Bertz CT molecular complexity index is 339. The summed E-state index contributed by atoms with van der Waals surface area (Å²) in [5, 5.41) is 3.61. The van der Waals surface area contributed by atoms with Crippen LogP contribution in [0.15, 0.2) is 9.85 Å². The molecule has 1 aliphatic heterocycles. The second kappa shape index (κ2) is 6.32. The SMILES string of the molecule is Cc1cc(CNC(C)CN2CCCC2)sc1Br. The number of nitrogens with zero attached hydrogens (tertiary/aromatic N) is 1. The molecular weight excluding hydrogens is 296 g/mol. The Labute approximate surface area is 117 Å². The highest BCUT2D eigenvalue weighted by atomic mass is 79.9. The molecule has 17 heavy (non-hydrogen) atoms. The van der Waals surface area contributed by atoms with E-state index in [0.717, 1.165) is 6.54 Å². The molecule has 2 heterocycles. The fraction of sp³-hybridized carbons (Fsp3) is 0.692. The van der Waals surface area contributed by atoms with Crippen LogP contribution in [0.25, 0.3) is 0 Å². The lowest BCUT2D eigenvalue weighted by molar-refractivity contribution is 0.298. The van der Waals surface area contributed by atoms with Crippen LogP contribution < -0.4 is 5.32 Å². The van der Waals surface area contributed by atoms with Gasteiger partial charge in [0.2, 0.25) is 0 Å². The molecule has 0 radical (unpaired) electrons. The molecule has 1 unspecified atom stereocenters. The van der Waals surface area contributed by atoms with Gasteiger partial charge in [0.25, 0.3) is 0 Å². The standard InChI is InChI=1S/C13H21BrN2S/c1-10-7-12(17-13(10)14)8-15-11(2)9-16-5-3-4-6-16/h7,11,15H,3-6,8-9H2,1-2H3. The van der Waals surface area contributed by atoms with Crippen molar-refractivity contribution in [3.8, 4) is 0 Å². The second-order valence-electron chi connectivity index (χ2n) is 4.96. The van der Waals surface area contributed by atoms with Gasteiger partial charge in [-0.15, -0.1) is 11.3 Å². The van der Waals surface area contributed by atoms with Crippen LogP contribution >= 0.6 is 27.3 Å². The predicted octanol–water partition coefficient (Wildman–Crippen LogP) is 3.39. The fourth-order valence-corrected chi connectivity index (χ4v) is 3.88. The zero-order valence-electron chi connectivity index (χ0n) is 10.6. The molecule has 0 aromatic carbocycles. The zero-order chi connectivity index (χ0) is 12.3. The van der Waals surface area contributed by atoms with Crippen molar-refractivity contribution >= 4 is 27.3 Å². The molecule has 2 nitrogen and oxygen atoms in total. The van der Waals surface area contributed by atoms with Crippen LogP contribution in [-0.2, 0) is 6.54 Å². The van der Waals surface area contributed by atoms with E-state index in [-0.39, 0.29) is 0 Å². The molecule has 2 rings (SSSR count). The number of nitrogens with one attached hydrogen (secondary N) is 1. The normalized spacial score (nSPS) is 18.8. The van der Waals surface area contributed by atoms with E-state index in [0.29, 0.717) is 6.04 Å². The minimum absolute atomic E-state index is 0.578. The lowest BCUT2D eigenvalue weighted by Gasteiger charge is -2.20. The van der Waals surface area contributed by atoms with Gasteiger partial charge in [-0.05, 0) is 67.3 Å². The van der Waals surface area contributed by atoms with Crippen molar-refractivity contribution in [3.05, 3.63) is 20.3 Å². The Morgan fingerprint density at radius 3 is 2.76 bits per heavy atom. The van der Waals surface area contributed by atoms with E-state index in [1.54, 1.807) is 0 Å². The van der Waals surface area contributed by atoms with E-state index >= 15 is 0 Å². The van der Waals surface area contributed by atoms with Gasteiger partial charge in [-0.2, -0.15) is 0 Å². The van der Waals surface area contributed by atoms with Crippen LogP contribution in [0.3, 0.4) is 0 Å². The van der Waals surface area contributed by atoms with Gasteiger partial charge in [-0.3, -0.25) is 0 Å². The smallest absolute Gasteiger partial charge is 0.0730 e. The first kappa shape index (κ1) is 13.5. The molecule has 0 saturated carbocycles. The summed E-state index contributed by atoms with van der Waals surface area (Å²) in [6, 6.07) is 2.85. The van der Waals surface area contributed by atoms with Gasteiger partial charge in [-0.1, -0.05) is 0 Å². The zero-order valence-corrected chi connectivity index (χ0v) is 13.0. The van der Waals surface area contributed by atoms with Crippen molar-refractivity contribution in [2.75, 3.05) is 19.6 Å². The van der Waals surface area contributed by atoms with E-state index in [1.807, 2.05) is 11.3 Å². The Hall–Kier alpha value is 0.100. The Morgan fingerprint density at radius 2 is 2.18 bits per heavy atom. The van der Waals surface area contributed by atoms with Crippen LogP contribution in [0.2, 0.25) is 0 Å². The van der Waals surface area contributed by atoms with Gasteiger partial charge in [0.05, 0.1) is 3.79 Å². The van der Waals surface area contributed by atoms with Crippen molar-refractivity contribution in [2.24, 2.45) is 0 Å². The quantitative estimate of drug-likeness (QED) is 0.895. The van der Waals surface area contributed by atoms with Crippen molar-refractivity contribution in [1.82, 2.24) is 10.2 Å². The van der Waals surface area contributed by atoms with Crippen molar-refractivity contribution < 1.29 is 0 Å². The predicted molar refractivity (Wildman–Crippen MR) is 78.7 cm³/mol. The fourth-order valence-electron chi connectivity index (χ4n) is 2.30. The number of aryl methyl sites for hydroxylation is 1. The van der Waals surface area contributed by atoms with Crippen LogP contribution in [-0.4, -0.2) is 30.6 Å². The topological polar surface area (TPSA) is 15.3 Å². The highest BCUT2D eigenvalue weighted by Gasteiger charge is 2.14. The molecule has 1 fully saturated rings. The Kier molecular flexibility index (Phi) is 5.03. The molecule has 0 bridgehead atoms. The van der Waals surface area contributed by atoms with E-state index < -0.39 is 0 Å². The van der Waals surface area contributed by atoms with Gasteiger partial charge in [0.15, 0.2) is 0 Å². The number of rotatable bonds is 5. The maximum absolute atomic E-state index is 3.61. The lowest BCUT2D eigenvalue weighted by atomic mass is 10.3. The molecule has 4 heteroatoms. The number of halogens is 1. The summed E-state index contributed by atoms with van der Waals surface area (Å²) in [6.07, 6.45) is 2.76. The summed E-state index contributed by atoms with van der Waals surface area (Å²) in [6.45, 7) is 9.19. The molecule has 1 aromatic heterocycles. The Morgan fingerprint density at radius 1 is 1.47 bits per heavy atom. The minimum Gasteiger partial charge on any atom is -0.308 e. The number of hydrogen-bond donors (Lipinski definition) is 1. The summed E-state index contributed by atoms with van der Waals surface area (Å²) in [7, 11) is 0. The molecule has 1 N–H and O–H groups in total. The van der Waals surface area contributed by atoms with Crippen LogP contribution in [0.4, 0.5) is 0 Å².